The normalized spacial score (nSPS) is 14.3. The maximum atomic E-state index is 13.2. The minimum atomic E-state index is 0.0995. The Morgan fingerprint density at radius 2 is 2.07 bits per heavy atom. The van der Waals surface area contributed by atoms with E-state index in [1.165, 1.54) is 16.7 Å². The number of rotatable bonds is 3. The zero-order chi connectivity index (χ0) is 19.0. The second-order valence-corrected chi connectivity index (χ2v) is 8.37. The Kier molecular flexibility index (Phi) is 5.10. The van der Waals surface area contributed by atoms with Crippen molar-refractivity contribution in [3.8, 4) is 0 Å². The van der Waals surface area contributed by atoms with E-state index in [9.17, 15) is 4.79 Å². The van der Waals surface area contributed by atoms with Gasteiger partial charge >= 0.3 is 0 Å². The van der Waals surface area contributed by atoms with Crippen LogP contribution in [0.2, 0.25) is 0 Å². The third-order valence-electron chi connectivity index (χ3n) is 4.78. The summed E-state index contributed by atoms with van der Waals surface area (Å²) >= 11 is 3.31. The van der Waals surface area contributed by atoms with Crippen molar-refractivity contribution in [1.29, 1.82) is 0 Å². The van der Waals surface area contributed by atoms with Crippen molar-refractivity contribution in [2.24, 2.45) is 0 Å². The van der Waals surface area contributed by atoms with E-state index in [0.29, 0.717) is 17.4 Å². The van der Waals surface area contributed by atoms with E-state index in [1.807, 2.05) is 55.0 Å². The molecule has 0 aliphatic carbocycles. The molecule has 3 aromatic rings. The molecule has 0 fully saturated rings. The van der Waals surface area contributed by atoms with Crippen LogP contribution in [0.25, 0.3) is 5.78 Å². The monoisotopic (exact) mass is 399 g/mol. The predicted molar refractivity (Wildman–Crippen MR) is 110 cm³/mol. The summed E-state index contributed by atoms with van der Waals surface area (Å²) in [6.45, 7) is 4.67. The molecular formula is C19H21N5OS2. The first-order valence-corrected chi connectivity index (χ1v) is 11.1. The Bertz CT molecular complexity index is 1020. The van der Waals surface area contributed by atoms with Crippen molar-refractivity contribution in [1.82, 2.24) is 19.6 Å². The molecule has 0 bridgehead atoms. The minimum Gasteiger partial charge on any atom is -0.311 e. The quantitative estimate of drug-likeness (QED) is 0.628. The molecule has 6 nitrogen and oxygen atoms in total. The van der Waals surface area contributed by atoms with E-state index < -0.39 is 0 Å². The Morgan fingerprint density at radius 1 is 1.26 bits per heavy atom. The van der Waals surface area contributed by atoms with Crippen LogP contribution in [0.15, 0.2) is 34.3 Å². The average molecular weight is 400 g/mol. The molecule has 1 aromatic carbocycles. The zero-order valence-corrected chi connectivity index (χ0v) is 17.2. The maximum absolute atomic E-state index is 13.2. The van der Waals surface area contributed by atoms with Crippen LogP contribution in [0, 0.1) is 13.8 Å². The molecule has 3 heterocycles. The van der Waals surface area contributed by atoms with Gasteiger partial charge in [-0.3, -0.25) is 4.79 Å². The number of amides is 1. The van der Waals surface area contributed by atoms with Gasteiger partial charge in [-0.15, -0.1) is 16.9 Å². The number of carbonyl (C=O) groups excluding carboxylic acids is 1. The molecule has 0 atom stereocenters. The maximum Gasteiger partial charge on any atom is 0.253 e. The van der Waals surface area contributed by atoms with Crippen LogP contribution in [0.4, 0.5) is 5.69 Å². The van der Waals surface area contributed by atoms with Crippen molar-refractivity contribution < 1.29 is 4.79 Å². The zero-order valence-electron chi connectivity index (χ0n) is 15.6. The molecule has 0 spiro atoms. The molecule has 140 valence electrons. The number of aryl methyl sites for hydroxylation is 2. The number of anilines is 1. The molecule has 8 heteroatoms. The molecule has 0 unspecified atom stereocenters. The fourth-order valence-electron chi connectivity index (χ4n) is 3.37. The van der Waals surface area contributed by atoms with E-state index in [0.717, 1.165) is 41.4 Å². The molecule has 0 saturated carbocycles. The average Bonchev–Trinajstić information content (AvgIpc) is 2.96. The highest BCUT2D eigenvalue weighted by Gasteiger charge is 2.23. The summed E-state index contributed by atoms with van der Waals surface area (Å²) in [5.74, 6) is 1.72. The fourth-order valence-corrected chi connectivity index (χ4v) is 4.70. The van der Waals surface area contributed by atoms with Crippen molar-refractivity contribution in [3.05, 3.63) is 41.2 Å². The van der Waals surface area contributed by atoms with Crippen LogP contribution >= 0.6 is 23.5 Å². The lowest BCUT2D eigenvalue weighted by atomic mass is 10.1. The Labute approximate surface area is 166 Å². The summed E-state index contributed by atoms with van der Waals surface area (Å²) in [5.41, 5.74) is 3.71. The Morgan fingerprint density at radius 3 is 2.89 bits per heavy atom. The fraction of sp³-hybridized carbons (Fsp3) is 0.368. The molecule has 27 heavy (non-hydrogen) atoms. The van der Waals surface area contributed by atoms with Gasteiger partial charge in [-0.1, -0.05) is 23.9 Å². The van der Waals surface area contributed by atoms with E-state index >= 15 is 0 Å². The number of carbonyl (C=O) groups is 1. The number of para-hydroxylation sites is 1. The van der Waals surface area contributed by atoms with Gasteiger partial charge in [0.25, 0.3) is 5.78 Å². The van der Waals surface area contributed by atoms with E-state index in [4.69, 9.17) is 0 Å². The molecule has 1 aliphatic heterocycles. The highest BCUT2D eigenvalue weighted by Crippen LogP contribution is 2.34. The Balaban J connectivity index is 1.69. The van der Waals surface area contributed by atoms with Gasteiger partial charge in [-0.05, 0) is 44.4 Å². The summed E-state index contributed by atoms with van der Waals surface area (Å²) in [4.78, 5) is 25.3. The van der Waals surface area contributed by atoms with Gasteiger partial charge in [0.2, 0.25) is 11.1 Å². The topological polar surface area (TPSA) is 63.4 Å². The molecule has 0 radical (unpaired) electrons. The lowest BCUT2D eigenvalue weighted by molar-refractivity contribution is -0.118. The summed E-state index contributed by atoms with van der Waals surface area (Å²) in [7, 11) is 0. The van der Waals surface area contributed by atoms with Crippen molar-refractivity contribution in [2.45, 2.75) is 36.7 Å². The SMILES string of the molecule is CSc1nc2nc(C)c(CC(=O)N3CCCSc4ccccc43)c(C)n2n1. The minimum absolute atomic E-state index is 0.0995. The van der Waals surface area contributed by atoms with Gasteiger partial charge in [0.15, 0.2) is 0 Å². The Hall–Kier alpha value is -2.06. The number of thioether (sulfide) groups is 2. The van der Waals surface area contributed by atoms with Crippen LogP contribution < -0.4 is 4.90 Å². The van der Waals surface area contributed by atoms with Gasteiger partial charge in [0.1, 0.15) is 0 Å². The second-order valence-electron chi connectivity index (χ2n) is 6.46. The molecule has 0 N–H and O–H groups in total. The second kappa shape index (κ2) is 7.52. The summed E-state index contributed by atoms with van der Waals surface area (Å²) in [5, 5.41) is 5.17. The van der Waals surface area contributed by atoms with E-state index in [2.05, 4.69) is 21.1 Å². The molecular weight excluding hydrogens is 378 g/mol. The summed E-state index contributed by atoms with van der Waals surface area (Å²) in [6.07, 6.45) is 3.24. The smallest absolute Gasteiger partial charge is 0.253 e. The van der Waals surface area contributed by atoms with Crippen LogP contribution in [0.5, 0.6) is 0 Å². The van der Waals surface area contributed by atoms with E-state index in [1.54, 1.807) is 4.52 Å². The summed E-state index contributed by atoms with van der Waals surface area (Å²) in [6, 6.07) is 8.15. The summed E-state index contributed by atoms with van der Waals surface area (Å²) < 4.78 is 1.74. The van der Waals surface area contributed by atoms with Gasteiger partial charge in [0, 0.05) is 28.4 Å². The molecule has 4 rings (SSSR count). The highest BCUT2D eigenvalue weighted by atomic mass is 32.2. The van der Waals surface area contributed by atoms with Gasteiger partial charge < -0.3 is 4.90 Å². The van der Waals surface area contributed by atoms with Crippen molar-refractivity contribution in [3.63, 3.8) is 0 Å². The van der Waals surface area contributed by atoms with Crippen molar-refractivity contribution in [2.75, 3.05) is 23.5 Å². The third kappa shape index (κ3) is 3.43. The first-order valence-electron chi connectivity index (χ1n) is 8.87. The first-order chi connectivity index (χ1) is 13.1. The van der Waals surface area contributed by atoms with Gasteiger partial charge in [0.05, 0.1) is 12.1 Å². The third-order valence-corrected chi connectivity index (χ3v) is 6.47. The number of hydrogen-bond acceptors (Lipinski definition) is 6. The number of nitrogens with zero attached hydrogens (tertiary/aromatic N) is 5. The molecule has 2 aromatic heterocycles. The lowest BCUT2D eigenvalue weighted by Crippen LogP contribution is -2.33. The van der Waals surface area contributed by atoms with Crippen LogP contribution in [0.3, 0.4) is 0 Å². The van der Waals surface area contributed by atoms with Crippen LogP contribution in [0.1, 0.15) is 23.4 Å². The van der Waals surface area contributed by atoms with E-state index in [-0.39, 0.29) is 5.91 Å². The number of fused-ring (bicyclic) bond motifs is 2. The molecule has 0 saturated heterocycles. The lowest BCUT2D eigenvalue weighted by Gasteiger charge is -2.23. The largest absolute Gasteiger partial charge is 0.311 e. The first kappa shape index (κ1) is 18.3. The standard InChI is InChI=1S/C19H21N5OS2/c1-12-14(13(2)24-18(20-12)21-19(22-24)26-3)11-17(25)23-9-6-10-27-16-8-5-4-7-15(16)23/h4-5,7-8H,6,9-11H2,1-3H3. The number of hydrogen-bond donors (Lipinski definition) is 0. The van der Waals surface area contributed by atoms with Crippen molar-refractivity contribution >= 4 is 40.9 Å². The molecule has 1 aliphatic rings. The number of aromatic nitrogens is 4. The van der Waals surface area contributed by atoms with Gasteiger partial charge in [-0.2, -0.15) is 4.98 Å². The molecule has 1 amide bonds. The highest BCUT2D eigenvalue weighted by molar-refractivity contribution is 7.99. The van der Waals surface area contributed by atoms with Gasteiger partial charge in [-0.25, -0.2) is 9.50 Å². The van der Waals surface area contributed by atoms with Crippen LogP contribution in [-0.2, 0) is 11.2 Å². The van der Waals surface area contributed by atoms with Crippen LogP contribution in [-0.4, -0.2) is 44.0 Å². The predicted octanol–water partition coefficient (Wildman–Crippen LogP) is 3.53. The number of benzene rings is 1.